The molecular formula is C24H20N2OS2. The maximum Gasteiger partial charge on any atom is 0.241 e. The van der Waals surface area contributed by atoms with Crippen LogP contribution in [0.5, 0.6) is 0 Å². The van der Waals surface area contributed by atoms with E-state index in [0.717, 1.165) is 27.0 Å². The second-order valence-electron chi connectivity index (χ2n) is 6.55. The minimum absolute atomic E-state index is 0.0273. The lowest BCUT2D eigenvalue weighted by Crippen LogP contribution is -2.27. The fourth-order valence-electron chi connectivity index (χ4n) is 2.96. The van der Waals surface area contributed by atoms with E-state index in [4.69, 9.17) is 4.98 Å². The van der Waals surface area contributed by atoms with Gasteiger partial charge in [0.2, 0.25) is 5.91 Å². The normalized spacial score (nSPS) is 10.7. The van der Waals surface area contributed by atoms with Gasteiger partial charge < -0.3 is 0 Å². The highest BCUT2D eigenvalue weighted by Gasteiger charge is 2.18. The van der Waals surface area contributed by atoms with Gasteiger partial charge >= 0.3 is 0 Å². The Morgan fingerprint density at radius 1 is 0.897 bits per heavy atom. The number of amides is 1. The maximum absolute atomic E-state index is 13.1. The van der Waals surface area contributed by atoms with Crippen molar-refractivity contribution in [3.8, 4) is 11.3 Å². The van der Waals surface area contributed by atoms with Gasteiger partial charge in [0.15, 0.2) is 4.34 Å². The number of carbonyl (C=O) groups excluding carboxylic acids is 1. The van der Waals surface area contributed by atoms with E-state index >= 15 is 0 Å². The van der Waals surface area contributed by atoms with Crippen molar-refractivity contribution in [3.05, 3.63) is 95.9 Å². The Kier molecular flexibility index (Phi) is 6.08. The van der Waals surface area contributed by atoms with Gasteiger partial charge in [-0.05, 0) is 31.2 Å². The topological polar surface area (TPSA) is 33.2 Å². The molecule has 0 atom stereocenters. The van der Waals surface area contributed by atoms with Crippen LogP contribution in [0.25, 0.3) is 11.3 Å². The first kappa shape index (κ1) is 19.4. The molecule has 0 N–H and O–H groups in total. The van der Waals surface area contributed by atoms with Crippen LogP contribution in [0.2, 0.25) is 0 Å². The summed E-state index contributed by atoms with van der Waals surface area (Å²) in [6, 6.07) is 27.8. The van der Waals surface area contributed by atoms with Crippen LogP contribution in [0.1, 0.15) is 5.56 Å². The molecule has 5 heteroatoms. The fraction of sp³-hybridized carbons (Fsp3) is 0.0833. The Labute approximate surface area is 179 Å². The zero-order valence-electron chi connectivity index (χ0n) is 16.0. The molecule has 0 radical (unpaired) electrons. The summed E-state index contributed by atoms with van der Waals surface area (Å²) >= 11 is 3.06. The van der Waals surface area contributed by atoms with Gasteiger partial charge in [0.05, 0.1) is 11.4 Å². The molecule has 0 aliphatic rings. The molecule has 0 spiro atoms. The van der Waals surface area contributed by atoms with Crippen LogP contribution in [0, 0.1) is 6.92 Å². The number of para-hydroxylation sites is 2. The first-order chi connectivity index (χ1) is 14.2. The SMILES string of the molecule is Cc1ccc(-c2csc(SCC(=O)N(c3ccccc3)c3ccccc3)n2)cc1. The molecule has 0 bridgehead atoms. The van der Waals surface area contributed by atoms with E-state index in [1.54, 1.807) is 16.2 Å². The monoisotopic (exact) mass is 416 g/mol. The number of aromatic nitrogens is 1. The van der Waals surface area contributed by atoms with Crippen molar-refractivity contribution >= 4 is 40.4 Å². The summed E-state index contributed by atoms with van der Waals surface area (Å²) in [6.07, 6.45) is 0. The number of thiazole rings is 1. The highest BCUT2D eigenvalue weighted by Crippen LogP contribution is 2.31. The smallest absolute Gasteiger partial charge is 0.241 e. The number of rotatable bonds is 6. The third kappa shape index (κ3) is 4.75. The van der Waals surface area contributed by atoms with Crippen molar-refractivity contribution in [1.82, 2.24) is 4.98 Å². The molecule has 4 aromatic rings. The predicted octanol–water partition coefficient (Wildman–Crippen LogP) is 6.58. The summed E-state index contributed by atoms with van der Waals surface area (Å²) in [5.74, 6) is 0.351. The Balaban J connectivity index is 1.49. The summed E-state index contributed by atoms with van der Waals surface area (Å²) in [5.41, 5.74) is 5.01. The van der Waals surface area contributed by atoms with Crippen LogP contribution in [0.15, 0.2) is 94.6 Å². The lowest BCUT2D eigenvalue weighted by atomic mass is 10.1. The summed E-state index contributed by atoms with van der Waals surface area (Å²) in [5, 5.41) is 2.05. The van der Waals surface area contributed by atoms with Crippen LogP contribution < -0.4 is 4.90 Å². The number of thioether (sulfide) groups is 1. The van der Waals surface area contributed by atoms with Gasteiger partial charge in [-0.3, -0.25) is 9.69 Å². The number of hydrogen-bond donors (Lipinski definition) is 0. The minimum Gasteiger partial charge on any atom is -0.280 e. The summed E-state index contributed by atoms with van der Waals surface area (Å²) in [7, 11) is 0. The largest absolute Gasteiger partial charge is 0.280 e. The van der Waals surface area contributed by atoms with E-state index in [9.17, 15) is 4.79 Å². The van der Waals surface area contributed by atoms with Gasteiger partial charge in [-0.25, -0.2) is 4.98 Å². The average molecular weight is 417 g/mol. The predicted molar refractivity (Wildman–Crippen MR) is 123 cm³/mol. The Morgan fingerprint density at radius 2 is 1.48 bits per heavy atom. The Bertz CT molecular complexity index is 1040. The number of anilines is 2. The van der Waals surface area contributed by atoms with Gasteiger partial charge in [0.25, 0.3) is 0 Å². The van der Waals surface area contributed by atoms with Crippen LogP contribution in [-0.4, -0.2) is 16.6 Å². The summed E-state index contributed by atoms with van der Waals surface area (Å²) in [6.45, 7) is 2.07. The van der Waals surface area contributed by atoms with Crippen molar-refractivity contribution < 1.29 is 4.79 Å². The molecule has 0 fully saturated rings. The van der Waals surface area contributed by atoms with Gasteiger partial charge in [-0.1, -0.05) is 78.0 Å². The molecule has 4 rings (SSSR count). The van der Waals surface area contributed by atoms with Gasteiger partial charge in [-0.2, -0.15) is 0 Å². The Morgan fingerprint density at radius 3 is 2.07 bits per heavy atom. The average Bonchev–Trinajstić information content (AvgIpc) is 3.24. The molecule has 0 aliphatic carbocycles. The van der Waals surface area contributed by atoms with Gasteiger partial charge in [0, 0.05) is 22.3 Å². The van der Waals surface area contributed by atoms with E-state index in [2.05, 4.69) is 31.2 Å². The van der Waals surface area contributed by atoms with E-state index < -0.39 is 0 Å². The molecule has 144 valence electrons. The zero-order chi connectivity index (χ0) is 20.1. The standard InChI is InChI=1S/C24H20N2OS2/c1-18-12-14-19(15-13-18)22-16-28-24(25-22)29-17-23(27)26(20-8-4-2-5-9-20)21-10-6-3-7-11-21/h2-16H,17H2,1H3. The second kappa shape index (κ2) is 9.07. The minimum atomic E-state index is 0.0273. The molecule has 29 heavy (non-hydrogen) atoms. The van der Waals surface area contributed by atoms with E-state index in [1.807, 2.05) is 66.0 Å². The van der Waals surface area contributed by atoms with Crippen molar-refractivity contribution in [2.45, 2.75) is 11.3 Å². The first-order valence-electron chi connectivity index (χ1n) is 9.29. The van der Waals surface area contributed by atoms with Crippen LogP contribution in [0.4, 0.5) is 11.4 Å². The number of benzene rings is 3. The number of carbonyl (C=O) groups is 1. The van der Waals surface area contributed by atoms with Crippen LogP contribution in [-0.2, 0) is 4.79 Å². The number of hydrogen-bond acceptors (Lipinski definition) is 4. The van der Waals surface area contributed by atoms with Crippen LogP contribution in [0.3, 0.4) is 0 Å². The number of aryl methyl sites for hydroxylation is 1. The van der Waals surface area contributed by atoms with Crippen molar-refractivity contribution in [1.29, 1.82) is 0 Å². The summed E-state index contributed by atoms with van der Waals surface area (Å²) in [4.78, 5) is 19.6. The molecular weight excluding hydrogens is 396 g/mol. The highest BCUT2D eigenvalue weighted by atomic mass is 32.2. The highest BCUT2D eigenvalue weighted by molar-refractivity contribution is 8.01. The quantitative estimate of drug-likeness (QED) is 0.333. The van der Waals surface area contributed by atoms with Crippen molar-refractivity contribution in [3.63, 3.8) is 0 Å². The van der Waals surface area contributed by atoms with Gasteiger partial charge in [-0.15, -0.1) is 11.3 Å². The lowest BCUT2D eigenvalue weighted by molar-refractivity contribution is -0.115. The fourth-order valence-corrected chi connectivity index (χ4v) is 4.64. The third-order valence-electron chi connectivity index (χ3n) is 4.43. The Hall–Kier alpha value is -2.89. The van der Waals surface area contributed by atoms with E-state index in [-0.39, 0.29) is 5.91 Å². The van der Waals surface area contributed by atoms with Gasteiger partial charge in [0.1, 0.15) is 0 Å². The van der Waals surface area contributed by atoms with Crippen molar-refractivity contribution in [2.24, 2.45) is 0 Å². The lowest BCUT2D eigenvalue weighted by Gasteiger charge is -2.22. The molecule has 3 nitrogen and oxygen atoms in total. The van der Waals surface area contributed by atoms with E-state index in [0.29, 0.717) is 5.75 Å². The number of nitrogens with zero attached hydrogens (tertiary/aromatic N) is 2. The molecule has 0 saturated carbocycles. The van der Waals surface area contributed by atoms with Crippen molar-refractivity contribution in [2.75, 3.05) is 10.7 Å². The first-order valence-corrected chi connectivity index (χ1v) is 11.2. The maximum atomic E-state index is 13.1. The van der Waals surface area contributed by atoms with Crippen LogP contribution >= 0.6 is 23.1 Å². The molecule has 1 aromatic heterocycles. The molecule has 3 aromatic carbocycles. The second-order valence-corrected chi connectivity index (χ2v) is 8.63. The summed E-state index contributed by atoms with van der Waals surface area (Å²) < 4.78 is 0.898. The van der Waals surface area contributed by atoms with E-state index in [1.165, 1.54) is 17.3 Å². The third-order valence-corrected chi connectivity index (χ3v) is 6.43. The molecule has 1 amide bonds. The molecule has 1 heterocycles. The molecule has 0 aliphatic heterocycles. The molecule has 0 saturated heterocycles. The molecule has 0 unspecified atom stereocenters. The zero-order valence-corrected chi connectivity index (χ0v) is 17.6.